The van der Waals surface area contributed by atoms with Crippen molar-refractivity contribution in [3.8, 4) is 0 Å². The van der Waals surface area contributed by atoms with E-state index in [4.69, 9.17) is 11.6 Å². The number of halogens is 1. The predicted molar refractivity (Wildman–Crippen MR) is 62.4 cm³/mol. The van der Waals surface area contributed by atoms with E-state index in [-0.39, 0.29) is 5.54 Å². The molecule has 0 saturated heterocycles. The third-order valence-corrected chi connectivity index (χ3v) is 3.43. The number of benzene rings is 1. The molecule has 1 fully saturated rings. The Morgan fingerprint density at radius 3 is 2.56 bits per heavy atom. The van der Waals surface area contributed by atoms with E-state index in [1.165, 1.54) is 18.4 Å². The molecule has 16 heavy (non-hydrogen) atoms. The highest BCUT2D eigenvalue weighted by molar-refractivity contribution is 6.30. The van der Waals surface area contributed by atoms with Crippen molar-refractivity contribution in [2.75, 3.05) is 0 Å². The van der Waals surface area contributed by atoms with Crippen LogP contribution in [-0.2, 0) is 12.0 Å². The summed E-state index contributed by atoms with van der Waals surface area (Å²) in [6, 6.07) is 8.04. The molecule has 4 heteroatoms. The molecule has 82 valence electrons. The minimum absolute atomic E-state index is 0.171. The van der Waals surface area contributed by atoms with Crippen molar-refractivity contribution < 1.29 is 0 Å². The second kappa shape index (κ2) is 3.59. The molecule has 3 rings (SSSR count). The van der Waals surface area contributed by atoms with Crippen molar-refractivity contribution in [1.82, 2.24) is 14.8 Å². The molecule has 3 nitrogen and oxygen atoms in total. The number of aromatic nitrogens is 3. The minimum atomic E-state index is 0.171. The van der Waals surface area contributed by atoms with E-state index in [9.17, 15) is 0 Å². The summed E-state index contributed by atoms with van der Waals surface area (Å²) >= 11 is 5.87. The van der Waals surface area contributed by atoms with Gasteiger partial charge in [-0.3, -0.25) is 0 Å². The van der Waals surface area contributed by atoms with Crippen molar-refractivity contribution in [3.05, 3.63) is 47.5 Å². The lowest BCUT2D eigenvalue weighted by molar-refractivity contribution is 0.427. The first kappa shape index (κ1) is 9.85. The van der Waals surface area contributed by atoms with Crippen molar-refractivity contribution in [1.29, 1.82) is 0 Å². The number of nitrogens with zero attached hydrogens (tertiary/aromatic N) is 3. The molecule has 0 N–H and O–H groups in total. The van der Waals surface area contributed by atoms with Crippen LogP contribution < -0.4 is 0 Å². The average Bonchev–Trinajstić information content (AvgIpc) is 2.86. The predicted octanol–water partition coefficient (Wildman–Crippen LogP) is 2.66. The third kappa shape index (κ3) is 1.71. The fraction of sp³-hybridized carbons (Fsp3) is 0.333. The Labute approximate surface area is 99.1 Å². The Kier molecular flexibility index (Phi) is 2.21. The van der Waals surface area contributed by atoms with Gasteiger partial charge in [0.05, 0.1) is 5.54 Å². The standard InChI is InChI=1S/C12H12ClN3/c13-11-3-1-10(2-4-11)7-12(5-6-12)16-9-14-8-15-16/h1-4,8-9H,5-7H2. The first-order chi connectivity index (χ1) is 7.78. The summed E-state index contributed by atoms with van der Waals surface area (Å²) in [5.74, 6) is 0. The zero-order chi connectivity index (χ0) is 11.0. The number of hydrogen-bond donors (Lipinski definition) is 0. The maximum absolute atomic E-state index is 5.87. The fourth-order valence-electron chi connectivity index (χ4n) is 2.07. The normalized spacial score (nSPS) is 17.3. The van der Waals surface area contributed by atoms with Crippen LogP contribution in [0, 0.1) is 0 Å². The van der Waals surface area contributed by atoms with Gasteiger partial charge in [-0.05, 0) is 37.0 Å². The summed E-state index contributed by atoms with van der Waals surface area (Å²) in [6.07, 6.45) is 6.77. The maximum Gasteiger partial charge on any atom is 0.137 e. The van der Waals surface area contributed by atoms with Gasteiger partial charge in [0.15, 0.2) is 0 Å². The summed E-state index contributed by atoms with van der Waals surface area (Å²) in [5.41, 5.74) is 1.47. The van der Waals surface area contributed by atoms with Crippen LogP contribution in [-0.4, -0.2) is 14.8 Å². The molecule has 1 aromatic carbocycles. The Bertz CT molecular complexity index is 471. The highest BCUT2D eigenvalue weighted by atomic mass is 35.5. The van der Waals surface area contributed by atoms with E-state index >= 15 is 0 Å². The summed E-state index contributed by atoms with van der Waals surface area (Å²) < 4.78 is 1.99. The Morgan fingerprint density at radius 1 is 1.25 bits per heavy atom. The molecular formula is C12H12ClN3. The Balaban J connectivity index is 1.82. The molecule has 1 aliphatic rings. The van der Waals surface area contributed by atoms with Crippen LogP contribution in [0.2, 0.25) is 5.02 Å². The third-order valence-electron chi connectivity index (χ3n) is 3.18. The molecule has 0 aliphatic heterocycles. The Hall–Kier alpha value is -1.35. The van der Waals surface area contributed by atoms with Crippen molar-refractivity contribution in [2.45, 2.75) is 24.8 Å². The lowest BCUT2D eigenvalue weighted by Gasteiger charge is -2.15. The lowest BCUT2D eigenvalue weighted by atomic mass is 10.0. The number of hydrogen-bond acceptors (Lipinski definition) is 2. The van der Waals surface area contributed by atoms with E-state index in [2.05, 4.69) is 22.2 Å². The molecule has 1 saturated carbocycles. The fourth-order valence-corrected chi connectivity index (χ4v) is 2.19. The van der Waals surface area contributed by atoms with Gasteiger partial charge in [-0.1, -0.05) is 23.7 Å². The topological polar surface area (TPSA) is 30.7 Å². The van der Waals surface area contributed by atoms with E-state index in [1.54, 1.807) is 6.33 Å². The maximum atomic E-state index is 5.87. The van der Waals surface area contributed by atoms with Gasteiger partial charge in [0.2, 0.25) is 0 Å². The van der Waals surface area contributed by atoms with Gasteiger partial charge in [0, 0.05) is 5.02 Å². The quantitative estimate of drug-likeness (QED) is 0.816. The van der Waals surface area contributed by atoms with Crippen LogP contribution in [0.4, 0.5) is 0 Å². The largest absolute Gasteiger partial charge is 0.247 e. The highest BCUT2D eigenvalue weighted by Crippen LogP contribution is 2.45. The zero-order valence-corrected chi connectivity index (χ0v) is 9.56. The molecule has 2 aromatic rings. The molecular weight excluding hydrogens is 222 g/mol. The molecule has 0 amide bonds. The van der Waals surface area contributed by atoms with Crippen LogP contribution in [0.15, 0.2) is 36.9 Å². The molecule has 1 aliphatic carbocycles. The van der Waals surface area contributed by atoms with Crippen LogP contribution in [0.25, 0.3) is 0 Å². The summed E-state index contributed by atoms with van der Waals surface area (Å²) in [6.45, 7) is 0. The second-order valence-corrected chi connectivity index (χ2v) is 4.80. The molecule has 0 atom stereocenters. The molecule has 1 aromatic heterocycles. The minimum Gasteiger partial charge on any atom is -0.247 e. The SMILES string of the molecule is Clc1ccc(CC2(n3cncn3)CC2)cc1. The van der Waals surface area contributed by atoms with Crippen LogP contribution >= 0.6 is 11.6 Å². The molecule has 0 unspecified atom stereocenters. The molecule has 1 heterocycles. The van der Waals surface area contributed by atoms with Gasteiger partial charge in [-0.25, -0.2) is 9.67 Å². The highest BCUT2D eigenvalue weighted by Gasteiger charge is 2.45. The summed E-state index contributed by atoms with van der Waals surface area (Å²) in [7, 11) is 0. The number of rotatable bonds is 3. The van der Waals surface area contributed by atoms with Crippen LogP contribution in [0.5, 0.6) is 0 Å². The van der Waals surface area contributed by atoms with Gasteiger partial charge >= 0.3 is 0 Å². The van der Waals surface area contributed by atoms with Gasteiger partial charge < -0.3 is 0 Å². The zero-order valence-electron chi connectivity index (χ0n) is 8.81. The van der Waals surface area contributed by atoms with Gasteiger partial charge in [0.25, 0.3) is 0 Å². The monoisotopic (exact) mass is 233 g/mol. The first-order valence-electron chi connectivity index (χ1n) is 5.38. The van der Waals surface area contributed by atoms with E-state index in [0.717, 1.165) is 11.4 Å². The van der Waals surface area contributed by atoms with Crippen molar-refractivity contribution >= 4 is 11.6 Å². The van der Waals surface area contributed by atoms with Gasteiger partial charge in [-0.2, -0.15) is 5.10 Å². The summed E-state index contributed by atoms with van der Waals surface area (Å²) in [4.78, 5) is 4.01. The lowest BCUT2D eigenvalue weighted by Crippen LogP contribution is -2.20. The van der Waals surface area contributed by atoms with Crippen molar-refractivity contribution in [2.24, 2.45) is 0 Å². The van der Waals surface area contributed by atoms with Gasteiger partial charge in [0.1, 0.15) is 12.7 Å². The van der Waals surface area contributed by atoms with Gasteiger partial charge in [-0.15, -0.1) is 0 Å². The van der Waals surface area contributed by atoms with Crippen molar-refractivity contribution in [3.63, 3.8) is 0 Å². The van der Waals surface area contributed by atoms with E-state index < -0.39 is 0 Å². The molecule has 0 radical (unpaired) electrons. The van der Waals surface area contributed by atoms with Crippen LogP contribution in [0.1, 0.15) is 18.4 Å². The smallest absolute Gasteiger partial charge is 0.137 e. The first-order valence-corrected chi connectivity index (χ1v) is 5.76. The second-order valence-electron chi connectivity index (χ2n) is 4.37. The molecule has 0 spiro atoms. The van der Waals surface area contributed by atoms with Crippen LogP contribution in [0.3, 0.4) is 0 Å². The summed E-state index contributed by atoms with van der Waals surface area (Å²) in [5, 5.41) is 5.03. The average molecular weight is 234 g/mol. The Morgan fingerprint density at radius 2 is 2.00 bits per heavy atom. The van der Waals surface area contributed by atoms with E-state index in [0.29, 0.717) is 0 Å². The molecule has 0 bridgehead atoms. The van der Waals surface area contributed by atoms with E-state index in [1.807, 2.05) is 23.1 Å².